The Balaban J connectivity index is 1.93. The second-order valence-electron chi connectivity index (χ2n) is 4.40. The van der Waals surface area contributed by atoms with Gasteiger partial charge in [0, 0.05) is 18.8 Å². The van der Waals surface area contributed by atoms with Crippen LogP contribution in [-0.2, 0) is 0 Å². The summed E-state index contributed by atoms with van der Waals surface area (Å²) >= 11 is 1.79. The number of hydrogen-bond acceptors (Lipinski definition) is 3. The number of nitrogens with one attached hydrogen (secondary N) is 1. The minimum absolute atomic E-state index is 0.00490. The molecule has 1 heterocycles. The van der Waals surface area contributed by atoms with Crippen LogP contribution in [0.3, 0.4) is 0 Å². The van der Waals surface area contributed by atoms with Gasteiger partial charge in [-0.2, -0.15) is 11.8 Å². The summed E-state index contributed by atoms with van der Waals surface area (Å²) in [6.45, 7) is 0.732. The molecule has 0 unspecified atom stereocenters. The van der Waals surface area contributed by atoms with Gasteiger partial charge in [-0.05, 0) is 37.3 Å². The number of thioether (sulfide) groups is 1. The van der Waals surface area contributed by atoms with E-state index in [-0.39, 0.29) is 5.91 Å². The van der Waals surface area contributed by atoms with Gasteiger partial charge >= 0.3 is 0 Å². The smallest absolute Gasteiger partial charge is 0.267 e. The molecule has 0 aromatic carbocycles. The van der Waals surface area contributed by atoms with E-state index in [4.69, 9.17) is 5.73 Å². The molecular weight excluding hydrogens is 234 g/mol. The van der Waals surface area contributed by atoms with Crippen LogP contribution in [0.1, 0.15) is 35.8 Å². The number of carbonyl (C=O) groups excluding carboxylic acids is 1. The lowest BCUT2D eigenvalue weighted by Crippen LogP contribution is -2.26. The van der Waals surface area contributed by atoms with Gasteiger partial charge in [-0.25, -0.2) is 0 Å². The maximum Gasteiger partial charge on any atom is 0.267 e. The molecule has 0 bridgehead atoms. The SMILES string of the molecule is CSCCCNC(=O)c1cc(N)cn1C1CC1. The molecule has 1 saturated carbocycles. The molecule has 1 aliphatic carbocycles. The molecule has 1 aromatic rings. The number of nitrogen functional groups attached to an aromatic ring is 1. The van der Waals surface area contributed by atoms with Crippen molar-refractivity contribution in [3.63, 3.8) is 0 Å². The van der Waals surface area contributed by atoms with Gasteiger partial charge in [0.1, 0.15) is 5.69 Å². The number of anilines is 1. The quantitative estimate of drug-likeness (QED) is 0.761. The average Bonchev–Trinajstić information content (AvgIpc) is 3.08. The largest absolute Gasteiger partial charge is 0.397 e. The number of rotatable bonds is 6. The van der Waals surface area contributed by atoms with Crippen LogP contribution in [0.5, 0.6) is 0 Å². The Morgan fingerprint density at radius 3 is 3.06 bits per heavy atom. The van der Waals surface area contributed by atoms with Gasteiger partial charge in [-0.15, -0.1) is 0 Å². The highest BCUT2D eigenvalue weighted by atomic mass is 32.2. The molecular formula is C12H19N3OS. The monoisotopic (exact) mass is 253 g/mol. The van der Waals surface area contributed by atoms with Crippen LogP contribution in [0.4, 0.5) is 5.69 Å². The second kappa shape index (κ2) is 5.49. The number of nitrogens with zero attached hydrogens (tertiary/aromatic N) is 1. The molecule has 94 valence electrons. The number of carbonyl (C=O) groups is 1. The zero-order chi connectivity index (χ0) is 12.3. The van der Waals surface area contributed by atoms with E-state index >= 15 is 0 Å². The minimum Gasteiger partial charge on any atom is -0.397 e. The number of nitrogens with two attached hydrogens (primary N) is 1. The van der Waals surface area contributed by atoms with E-state index < -0.39 is 0 Å². The molecule has 0 radical (unpaired) electrons. The minimum atomic E-state index is -0.00490. The van der Waals surface area contributed by atoms with Gasteiger partial charge in [0.05, 0.1) is 5.69 Å². The van der Waals surface area contributed by atoms with Crippen molar-refractivity contribution in [1.82, 2.24) is 9.88 Å². The first kappa shape index (κ1) is 12.4. The number of amides is 1. The Morgan fingerprint density at radius 2 is 2.41 bits per heavy atom. The highest BCUT2D eigenvalue weighted by Crippen LogP contribution is 2.37. The summed E-state index contributed by atoms with van der Waals surface area (Å²) in [5, 5.41) is 2.94. The molecule has 0 aliphatic heterocycles. The summed E-state index contributed by atoms with van der Waals surface area (Å²) in [7, 11) is 0. The Hall–Kier alpha value is -1.10. The summed E-state index contributed by atoms with van der Waals surface area (Å²) in [5.74, 6) is 1.07. The first-order chi connectivity index (χ1) is 8.22. The van der Waals surface area contributed by atoms with E-state index in [0.717, 1.165) is 31.6 Å². The fourth-order valence-corrected chi connectivity index (χ4v) is 2.28. The van der Waals surface area contributed by atoms with Crippen molar-refractivity contribution in [3.05, 3.63) is 18.0 Å². The molecule has 1 aliphatic rings. The summed E-state index contributed by atoms with van der Waals surface area (Å²) in [6.07, 6.45) is 7.25. The molecule has 5 heteroatoms. The topological polar surface area (TPSA) is 60.1 Å². The Kier molecular flexibility index (Phi) is 3.99. The average molecular weight is 253 g/mol. The third-order valence-corrected chi connectivity index (χ3v) is 3.55. The van der Waals surface area contributed by atoms with Gasteiger partial charge in [-0.3, -0.25) is 4.79 Å². The summed E-state index contributed by atoms with van der Waals surface area (Å²) in [6, 6.07) is 2.25. The van der Waals surface area contributed by atoms with Crippen molar-refractivity contribution in [3.8, 4) is 0 Å². The Labute approximate surface area is 106 Å². The van der Waals surface area contributed by atoms with Crippen molar-refractivity contribution in [2.24, 2.45) is 0 Å². The van der Waals surface area contributed by atoms with Crippen molar-refractivity contribution in [2.75, 3.05) is 24.3 Å². The van der Waals surface area contributed by atoms with E-state index in [1.807, 2.05) is 10.8 Å². The molecule has 1 amide bonds. The first-order valence-electron chi connectivity index (χ1n) is 5.97. The van der Waals surface area contributed by atoms with E-state index in [0.29, 0.717) is 17.4 Å². The van der Waals surface area contributed by atoms with Crippen LogP contribution in [0.15, 0.2) is 12.3 Å². The highest BCUT2D eigenvalue weighted by Gasteiger charge is 2.27. The fraction of sp³-hybridized carbons (Fsp3) is 0.583. The molecule has 1 fully saturated rings. The summed E-state index contributed by atoms with van der Waals surface area (Å²) in [4.78, 5) is 12.0. The summed E-state index contributed by atoms with van der Waals surface area (Å²) < 4.78 is 2.01. The molecule has 0 saturated heterocycles. The normalized spacial score (nSPS) is 14.9. The van der Waals surface area contributed by atoms with Crippen molar-refractivity contribution >= 4 is 23.4 Å². The molecule has 0 spiro atoms. The van der Waals surface area contributed by atoms with Gasteiger partial charge < -0.3 is 15.6 Å². The van der Waals surface area contributed by atoms with Crippen LogP contribution in [0.25, 0.3) is 0 Å². The van der Waals surface area contributed by atoms with Gasteiger partial charge in [0.25, 0.3) is 5.91 Å². The highest BCUT2D eigenvalue weighted by molar-refractivity contribution is 7.98. The third kappa shape index (κ3) is 3.19. The lowest BCUT2D eigenvalue weighted by Gasteiger charge is -2.08. The zero-order valence-corrected chi connectivity index (χ0v) is 10.9. The van der Waals surface area contributed by atoms with Crippen LogP contribution in [-0.4, -0.2) is 29.0 Å². The molecule has 3 N–H and O–H groups in total. The van der Waals surface area contributed by atoms with Crippen LogP contribution in [0, 0.1) is 0 Å². The van der Waals surface area contributed by atoms with E-state index in [1.54, 1.807) is 17.8 Å². The lowest BCUT2D eigenvalue weighted by atomic mass is 10.3. The zero-order valence-electron chi connectivity index (χ0n) is 10.1. The van der Waals surface area contributed by atoms with Gasteiger partial charge in [0.15, 0.2) is 0 Å². The van der Waals surface area contributed by atoms with Crippen LogP contribution < -0.4 is 11.1 Å². The molecule has 2 rings (SSSR count). The van der Waals surface area contributed by atoms with Crippen molar-refractivity contribution in [2.45, 2.75) is 25.3 Å². The first-order valence-corrected chi connectivity index (χ1v) is 7.36. The second-order valence-corrected chi connectivity index (χ2v) is 5.38. The van der Waals surface area contributed by atoms with Gasteiger partial charge in [0.2, 0.25) is 0 Å². The van der Waals surface area contributed by atoms with E-state index in [9.17, 15) is 4.79 Å². The maximum absolute atomic E-state index is 12.0. The number of aromatic nitrogens is 1. The van der Waals surface area contributed by atoms with Crippen LogP contribution >= 0.6 is 11.8 Å². The van der Waals surface area contributed by atoms with Crippen molar-refractivity contribution in [1.29, 1.82) is 0 Å². The molecule has 17 heavy (non-hydrogen) atoms. The van der Waals surface area contributed by atoms with Gasteiger partial charge in [-0.1, -0.05) is 0 Å². The fourth-order valence-electron chi connectivity index (χ4n) is 1.85. The predicted molar refractivity (Wildman–Crippen MR) is 72.4 cm³/mol. The molecule has 0 atom stereocenters. The van der Waals surface area contributed by atoms with E-state index in [2.05, 4.69) is 11.6 Å². The summed E-state index contributed by atoms with van der Waals surface area (Å²) in [5.41, 5.74) is 7.13. The Bertz CT molecular complexity index is 398. The molecule has 1 aromatic heterocycles. The van der Waals surface area contributed by atoms with E-state index in [1.165, 1.54) is 0 Å². The Morgan fingerprint density at radius 1 is 1.65 bits per heavy atom. The maximum atomic E-state index is 12.0. The lowest BCUT2D eigenvalue weighted by molar-refractivity contribution is 0.0944. The third-order valence-electron chi connectivity index (χ3n) is 2.85. The van der Waals surface area contributed by atoms with Crippen LogP contribution in [0.2, 0.25) is 0 Å². The number of hydrogen-bond donors (Lipinski definition) is 2. The standard InChI is InChI=1S/C12H19N3OS/c1-17-6-2-5-14-12(16)11-7-9(13)8-15(11)10-3-4-10/h7-8,10H,2-6,13H2,1H3,(H,14,16). The molecule has 4 nitrogen and oxygen atoms in total. The predicted octanol–water partition coefficient (Wildman–Crippen LogP) is 1.89. The van der Waals surface area contributed by atoms with Crippen molar-refractivity contribution < 1.29 is 4.79 Å².